The molecule has 0 bridgehead atoms. The highest BCUT2D eigenvalue weighted by atomic mass is 35.5. The van der Waals surface area contributed by atoms with Crippen molar-refractivity contribution in [2.45, 2.75) is 50.9 Å². The van der Waals surface area contributed by atoms with Crippen LogP contribution in [0.5, 0.6) is 0 Å². The van der Waals surface area contributed by atoms with Crippen molar-refractivity contribution in [1.29, 1.82) is 0 Å². The molecule has 1 saturated heterocycles. The first-order valence-corrected chi connectivity index (χ1v) is 8.85. The zero-order valence-electron chi connectivity index (χ0n) is 15.0. The molecule has 5 nitrogen and oxygen atoms in total. The van der Waals surface area contributed by atoms with Gasteiger partial charge in [-0.3, -0.25) is 4.79 Å². The zero-order valence-corrected chi connectivity index (χ0v) is 15.8. The number of likely N-dealkylation sites (tertiary alicyclic amines) is 1. The number of aliphatic hydroxyl groups excluding tert-OH is 1. The molecular weight excluding hydrogens is 340 g/mol. The monoisotopic (exact) mass is 368 g/mol. The molecule has 25 heavy (non-hydrogen) atoms. The summed E-state index contributed by atoms with van der Waals surface area (Å²) in [5.41, 5.74) is 5.99. The van der Waals surface area contributed by atoms with E-state index in [0.29, 0.717) is 26.1 Å². The lowest BCUT2D eigenvalue weighted by molar-refractivity contribution is -0.210. The number of nitrogens with zero attached hydrogens (tertiary/aromatic N) is 1. The SMILES string of the molecule is CCOC1CC(O)C12CCN(C(=O)C(C)(N)c1ccccc1)CC2.Cl. The van der Waals surface area contributed by atoms with Crippen molar-refractivity contribution in [3.8, 4) is 0 Å². The van der Waals surface area contributed by atoms with Crippen LogP contribution in [0, 0.1) is 5.41 Å². The Balaban J connectivity index is 0.00000225. The van der Waals surface area contributed by atoms with Gasteiger partial charge in [0, 0.05) is 31.5 Å². The lowest BCUT2D eigenvalue weighted by atomic mass is 9.58. The normalized spacial score (nSPS) is 27.1. The molecule has 140 valence electrons. The quantitative estimate of drug-likeness (QED) is 0.853. The molecule has 1 heterocycles. The van der Waals surface area contributed by atoms with Crippen molar-refractivity contribution in [2.75, 3.05) is 19.7 Å². The summed E-state index contributed by atoms with van der Waals surface area (Å²) in [6, 6.07) is 9.50. The summed E-state index contributed by atoms with van der Waals surface area (Å²) < 4.78 is 5.79. The Kier molecular flexibility index (Phi) is 6.15. The van der Waals surface area contributed by atoms with Crippen molar-refractivity contribution in [2.24, 2.45) is 11.1 Å². The highest BCUT2D eigenvalue weighted by Gasteiger charge is 2.56. The highest BCUT2D eigenvalue weighted by molar-refractivity contribution is 5.87. The number of hydrogen-bond donors (Lipinski definition) is 2. The summed E-state index contributed by atoms with van der Waals surface area (Å²) >= 11 is 0. The second-order valence-corrected chi connectivity index (χ2v) is 7.29. The van der Waals surface area contributed by atoms with Crippen LogP contribution in [0.15, 0.2) is 30.3 Å². The molecule has 1 aromatic carbocycles. The van der Waals surface area contributed by atoms with Gasteiger partial charge in [-0.05, 0) is 32.3 Å². The summed E-state index contributed by atoms with van der Waals surface area (Å²) in [4.78, 5) is 14.8. The van der Waals surface area contributed by atoms with Gasteiger partial charge < -0.3 is 20.5 Å². The summed E-state index contributed by atoms with van der Waals surface area (Å²) in [5, 5.41) is 10.3. The Hall–Kier alpha value is -1.14. The third kappa shape index (κ3) is 3.43. The molecule has 3 atom stereocenters. The molecule has 1 aliphatic heterocycles. The molecule has 0 radical (unpaired) electrons. The van der Waals surface area contributed by atoms with Crippen molar-refractivity contribution in [3.05, 3.63) is 35.9 Å². The van der Waals surface area contributed by atoms with Crippen LogP contribution in [0.4, 0.5) is 0 Å². The van der Waals surface area contributed by atoms with E-state index in [1.165, 1.54) is 0 Å². The summed E-state index contributed by atoms with van der Waals surface area (Å²) in [7, 11) is 0. The average Bonchev–Trinajstić information content (AvgIpc) is 2.62. The minimum absolute atomic E-state index is 0. The van der Waals surface area contributed by atoms with Crippen LogP contribution in [0.3, 0.4) is 0 Å². The third-order valence-corrected chi connectivity index (χ3v) is 5.91. The first-order chi connectivity index (χ1) is 11.4. The summed E-state index contributed by atoms with van der Waals surface area (Å²) in [6.07, 6.45) is 2.06. The van der Waals surface area contributed by atoms with Crippen LogP contribution >= 0.6 is 12.4 Å². The molecule has 2 aliphatic rings. The van der Waals surface area contributed by atoms with Gasteiger partial charge >= 0.3 is 0 Å². The molecular formula is C19H29ClN2O3. The Bertz CT molecular complexity index is 584. The molecule has 0 aromatic heterocycles. The number of hydrogen-bond acceptors (Lipinski definition) is 4. The molecule has 1 amide bonds. The minimum Gasteiger partial charge on any atom is -0.392 e. The van der Waals surface area contributed by atoms with Crippen molar-refractivity contribution >= 4 is 18.3 Å². The number of aliphatic hydroxyl groups is 1. The number of halogens is 1. The Morgan fingerprint density at radius 3 is 2.48 bits per heavy atom. The molecule has 3 N–H and O–H groups in total. The fourth-order valence-electron chi connectivity index (χ4n) is 4.18. The summed E-state index contributed by atoms with van der Waals surface area (Å²) in [6.45, 7) is 5.67. The van der Waals surface area contributed by atoms with E-state index >= 15 is 0 Å². The second-order valence-electron chi connectivity index (χ2n) is 7.29. The maximum absolute atomic E-state index is 12.9. The topological polar surface area (TPSA) is 75.8 Å². The molecule has 1 aromatic rings. The highest BCUT2D eigenvalue weighted by Crippen LogP contribution is 2.51. The predicted octanol–water partition coefficient (Wildman–Crippen LogP) is 2.06. The van der Waals surface area contributed by atoms with E-state index in [2.05, 4.69) is 0 Å². The molecule has 1 spiro atoms. The Morgan fingerprint density at radius 2 is 1.96 bits per heavy atom. The van der Waals surface area contributed by atoms with Gasteiger partial charge in [0.1, 0.15) is 5.54 Å². The fraction of sp³-hybridized carbons (Fsp3) is 0.632. The fourth-order valence-corrected chi connectivity index (χ4v) is 4.18. The molecule has 3 rings (SSSR count). The van der Waals surface area contributed by atoms with Gasteiger partial charge in [0.15, 0.2) is 0 Å². The average molecular weight is 369 g/mol. The van der Waals surface area contributed by atoms with Crippen molar-refractivity contribution in [1.82, 2.24) is 4.90 Å². The van der Waals surface area contributed by atoms with E-state index in [1.807, 2.05) is 42.2 Å². The largest absolute Gasteiger partial charge is 0.392 e. The number of carbonyl (C=O) groups excluding carboxylic acids is 1. The Labute approximate surface area is 155 Å². The molecule has 6 heteroatoms. The maximum atomic E-state index is 12.9. The van der Waals surface area contributed by atoms with Crippen molar-refractivity contribution in [3.63, 3.8) is 0 Å². The number of rotatable bonds is 4. The van der Waals surface area contributed by atoms with Gasteiger partial charge in [-0.25, -0.2) is 0 Å². The minimum atomic E-state index is -1.02. The van der Waals surface area contributed by atoms with Crippen LogP contribution in [-0.4, -0.2) is 47.8 Å². The van der Waals surface area contributed by atoms with Crippen LogP contribution < -0.4 is 5.73 Å². The van der Waals surface area contributed by atoms with Gasteiger partial charge in [0.2, 0.25) is 5.91 Å². The lowest BCUT2D eigenvalue weighted by Crippen LogP contribution is -2.64. The molecule has 1 aliphatic carbocycles. The molecule has 3 unspecified atom stereocenters. The van der Waals surface area contributed by atoms with Gasteiger partial charge in [0.05, 0.1) is 12.2 Å². The second kappa shape index (κ2) is 7.62. The predicted molar refractivity (Wildman–Crippen MR) is 99.5 cm³/mol. The van der Waals surface area contributed by atoms with E-state index in [0.717, 1.165) is 18.4 Å². The smallest absolute Gasteiger partial charge is 0.246 e. The van der Waals surface area contributed by atoms with Crippen LogP contribution in [-0.2, 0) is 15.1 Å². The number of ether oxygens (including phenoxy) is 1. The summed E-state index contributed by atoms with van der Waals surface area (Å²) in [5.74, 6) is -0.0506. The first kappa shape index (κ1) is 20.2. The van der Waals surface area contributed by atoms with Gasteiger partial charge in [-0.1, -0.05) is 30.3 Å². The number of nitrogens with two attached hydrogens (primary N) is 1. The lowest BCUT2D eigenvalue weighted by Gasteiger charge is -2.57. The maximum Gasteiger partial charge on any atom is 0.246 e. The van der Waals surface area contributed by atoms with Gasteiger partial charge in [-0.2, -0.15) is 0 Å². The number of amides is 1. The first-order valence-electron chi connectivity index (χ1n) is 8.85. The number of carbonyl (C=O) groups is 1. The van der Waals surface area contributed by atoms with Crippen LogP contribution in [0.1, 0.15) is 38.7 Å². The van der Waals surface area contributed by atoms with Crippen LogP contribution in [0.25, 0.3) is 0 Å². The number of piperidine rings is 1. The van der Waals surface area contributed by atoms with Crippen molar-refractivity contribution < 1.29 is 14.6 Å². The van der Waals surface area contributed by atoms with E-state index in [9.17, 15) is 9.90 Å². The van der Waals surface area contributed by atoms with Crippen LogP contribution in [0.2, 0.25) is 0 Å². The van der Waals surface area contributed by atoms with Gasteiger partial charge in [-0.15, -0.1) is 12.4 Å². The van der Waals surface area contributed by atoms with E-state index in [1.54, 1.807) is 6.92 Å². The van der Waals surface area contributed by atoms with E-state index < -0.39 is 5.54 Å². The molecule has 2 fully saturated rings. The standard InChI is InChI=1S/C19H28N2O3.ClH/c1-3-24-16-13-15(22)19(16)9-11-21(12-10-19)17(23)18(2,20)14-7-5-4-6-8-14;/h4-8,15-16,22H,3,9-13,20H2,1-2H3;1H. The van der Waals surface area contributed by atoms with E-state index in [4.69, 9.17) is 10.5 Å². The van der Waals surface area contributed by atoms with E-state index in [-0.39, 0.29) is 35.9 Å². The van der Waals surface area contributed by atoms with Gasteiger partial charge in [0.25, 0.3) is 0 Å². The molecule has 1 saturated carbocycles. The zero-order chi connectivity index (χ0) is 17.4. The Morgan fingerprint density at radius 1 is 1.36 bits per heavy atom. The number of benzene rings is 1. The third-order valence-electron chi connectivity index (χ3n) is 5.91.